The second kappa shape index (κ2) is 7.24. The molecule has 2 aromatic carbocycles. The molecule has 1 heterocycles. The first kappa shape index (κ1) is 18.4. The molecule has 2 amide bonds. The van der Waals surface area contributed by atoms with Gasteiger partial charge in [-0.25, -0.2) is 0 Å². The van der Waals surface area contributed by atoms with E-state index in [4.69, 9.17) is 11.6 Å². The summed E-state index contributed by atoms with van der Waals surface area (Å²) in [6.07, 6.45) is 3.64. The van der Waals surface area contributed by atoms with Crippen molar-refractivity contribution in [2.45, 2.75) is 25.7 Å². The Labute approximate surface area is 166 Å². The van der Waals surface area contributed by atoms with Gasteiger partial charge in [0.1, 0.15) is 5.02 Å². The van der Waals surface area contributed by atoms with Crippen LogP contribution in [0, 0.1) is 16.0 Å². The van der Waals surface area contributed by atoms with Crippen molar-refractivity contribution in [2.24, 2.45) is 5.92 Å². The molecular weight excluding hydrogens is 382 g/mol. The quantitative estimate of drug-likeness (QED) is 0.616. The zero-order valence-corrected chi connectivity index (χ0v) is 15.7. The molecule has 1 aliphatic heterocycles. The number of fused-ring (bicyclic) bond motifs is 1. The Balaban J connectivity index is 1.54. The zero-order chi connectivity index (χ0) is 19.8. The van der Waals surface area contributed by atoms with Crippen LogP contribution in [0.4, 0.5) is 17.1 Å². The SMILES string of the molecule is O=C(Nc1ccc2c(c1)CCCN2C(=O)C1CC1)c1ccc(Cl)c([N+](=O)[O-])c1. The smallest absolute Gasteiger partial charge is 0.288 e. The molecule has 0 bridgehead atoms. The van der Waals surface area contributed by atoms with Crippen LogP contribution in [-0.2, 0) is 11.2 Å². The predicted octanol–water partition coefficient (Wildman–Crippen LogP) is 4.19. The highest BCUT2D eigenvalue weighted by molar-refractivity contribution is 6.32. The van der Waals surface area contributed by atoms with E-state index in [-0.39, 0.29) is 28.1 Å². The second-order valence-electron chi connectivity index (χ2n) is 7.09. The lowest BCUT2D eigenvalue weighted by Gasteiger charge is -2.30. The van der Waals surface area contributed by atoms with Crippen molar-refractivity contribution in [3.8, 4) is 0 Å². The summed E-state index contributed by atoms with van der Waals surface area (Å²) in [6.45, 7) is 0.725. The molecule has 144 valence electrons. The van der Waals surface area contributed by atoms with Gasteiger partial charge in [-0.3, -0.25) is 19.7 Å². The van der Waals surface area contributed by atoms with Crippen molar-refractivity contribution >= 4 is 40.5 Å². The molecule has 0 saturated heterocycles. The maximum absolute atomic E-state index is 12.5. The van der Waals surface area contributed by atoms with E-state index in [1.54, 1.807) is 6.07 Å². The molecule has 1 fully saturated rings. The number of carbonyl (C=O) groups excluding carboxylic acids is 2. The highest BCUT2D eigenvalue weighted by Gasteiger charge is 2.35. The summed E-state index contributed by atoms with van der Waals surface area (Å²) in [5.41, 5.74) is 2.35. The number of halogens is 1. The van der Waals surface area contributed by atoms with Gasteiger partial charge >= 0.3 is 0 Å². The average Bonchev–Trinajstić information content (AvgIpc) is 3.52. The zero-order valence-electron chi connectivity index (χ0n) is 15.0. The summed E-state index contributed by atoms with van der Waals surface area (Å²) >= 11 is 5.80. The summed E-state index contributed by atoms with van der Waals surface area (Å²) < 4.78 is 0. The number of hydrogen-bond acceptors (Lipinski definition) is 4. The minimum Gasteiger partial charge on any atom is -0.322 e. The van der Waals surface area contributed by atoms with Gasteiger partial charge < -0.3 is 10.2 Å². The van der Waals surface area contributed by atoms with Crippen LogP contribution in [0.1, 0.15) is 35.2 Å². The van der Waals surface area contributed by atoms with Gasteiger partial charge in [0.15, 0.2) is 0 Å². The Bertz CT molecular complexity index is 987. The number of benzene rings is 2. The van der Waals surface area contributed by atoms with Gasteiger partial charge in [0.05, 0.1) is 4.92 Å². The first-order valence-corrected chi connectivity index (χ1v) is 9.51. The minimum atomic E-state index is -0.622. The third-order valence-electron chi connectivity index (χ3n) is 5.05. The minimum absolute atomic E-state index is 0.0178. The average molecular weight is 400 g/mol. The standard InChI is InChI=1S/C20H18ClN3O4/c21-16-7-5-14(11-18(16)24(27)28)19(25)22-15-6-8-17-13(10-15)2-1-9-23(17)20(26)12-3-4-12/h5-8,10-12H,1-4,9H2,(H,22,25). The molecule has 28 heavy (non-hydrogen) atoms. The maximum atomic E-state index is 12.5. The summed E-state index contributed by atoms with van der Waals surface area (Å²) in [7, 11) is 0. The Kier molecular flexibility index (Phi) is 4.77. The normalized spacial score (nSPS) is 15.7. The van der Waals surface area contributed by atoms with Gasteiger partial charge in [-0.15, -0.1) is 0 Å². The van der Waals surface area contributed by atoms with Crippen LogP contribution in [0.15, 0.2) is 36.4 Å². The fourth-order valence-electron chi connectivity index (χ4n) is 3.45. The molecule has 2 aliphatic rings. The van der Waals surface area contributed by atoms with Gasteiger partial charge in [-0.2, -0.15) is 0 Å². The number of nitrogens with zero attached hydrogens (tertiary/aromatic N) is 2. The van der Waals surface area contributed by atoms with E-state index in [1.807, 2.05) is 17.0 Å². The van der Waals surface area contributed by atoms with Crippen molar-refractivity contribution in [1.29, 1.82) is 0 Å². The molecule has 7 nitrogen and oxygen atoms in total. The monoisotopic (exact) mass is 399 g/mol. The fourth-order valence-corrected chi connectivity index (χ4v) is 3.64. The third kappa shape index (κ3) is 3.57. The number of amides is 2. The maximum Gasteiger partial charge on any atom is 0.288 e. The second-order valence-corrected chi connectivity index (χ2v) is 7.50. The van der Waals surface area contributed by atoms with Gasteiger partial charge in [-0.1, -0.05) is 11.6 Å². The van der Waals surface area contributed by atoms with E-state index in [2.05, 4.69) is 5.32 Å². The fraction of sp³-hybridized carbons (Fsp3) is 0.300. The number of carbonyl (C=O) groups is 2. The van der Waals surface area contributed by atoms with E-state index in [1.165, 1.54) is 12.1 Å². The molecule has 0 atom stereocenters. The van der Waals surface area contributed by atoms with E-state index in [0.29, 0.717) is 5.69 Å². The van der Waals surface area contributed by atoms with Gasteiger partial charge in [0, 0.05) is 35.5 Å². The van der Waals surface area contributed by atoms with E-state index in [0.717, 1.165) is 49.5 Å². The van der Waals surface area contributed by atoms with Crippen molar-refractivity contribution in [3.63, 3.8) is 0 Å². The van der Waals surface area contributed by atoms with Crippen LogP contribution >= 0.6 is 11.6 Å². The van der Waals surface area contributed by atoms with Crippen molar-refractivity contribution in [1.82, 2.24) is 0 Å². The molecule has 8 heteroatoms. The van der Waals surface area contributed by atoms with Crippen LogP contribution in [0.5, 0.6) is 0 Å². The first-order chi connectivity index (χ1) is 13.4. The van der Waals surface area contributed by atoms with Crippen LogP contribution < -0.4 is 10.2 Å². The Morgan fingerprint density at radius 1 is 1.18 bits per heavy atom. The van der Waals surface area contributed by atoms with E-state index >= 15 is 0 Å². The van der Waals surface area contributed by atoms with E-state index < -0.39 is 10.8 Å². The number of hydrogen-bond donors (Lipinski definition) is 1. The van der Waals surface area contributed by atoms with Crippen LogP contribution in [0.25, 0.3) is 0 Å². The molecule has 1 saturated carbocycles. The van der Waals surface area contributed by atoms with Crippen LogP contribution in [0.3, 0.4) is 0 Å². The van der Waals surface area contributed by atoms with Gasteiger partial charge in [0.2, 0.25) is 5.91 Å². The third-order valence-corrected chi connectivity index (χ3v) is 5.37. The highest BCUT2D eigenvalue weighted by atomic mass is 35.5. The van der Waals surface area contributed by atoms with Crippen LogP contribution in [-0.4, -0.2) is 23.3 Å². The lowest BCUT2D eigenvalue weighted by Crippen LogP contribution is -2.36. The Morgan fingerprint density at radius 2 is 1.96 bits per heavy atom. The Morgan fingerprint density at radius 3 is 2.68 bits per heavy atom. The summed E-state index contributed by atoms with van der Waals surface area (Å²) in [5, 5.41) is 13.8. The molecule has 2 aromatic rings. The number of nitrogens with one attached hydrogen (secondary N) is 1. The molecule has 0 unspecified atom stereocenters. The van der Waals surface area contributed by atoms with Gasteiger partial charge in [0.25, 0.3) is 11.6 Å². The number of aryl methyl sites for hydroxylation is 1. The Hall–Kier alpha value is -2.93. The molecule has 1 aliphatic carbocycles. The lowest BCUT2D eigenvalue weighted by atomic mass is 10.00. The number of rotatable bonds is 4. The summed E-state index contributed by atoms with van der Waals surface area (Å²) in [4.78, 5) is 37.2. The lowest BCUT2D eigenvalue weighted by molar-refractivity contribution is -0.384. The first-order valence-electron chi connectivity index (χ1n) is 9.13. The van der Waals surface area contributed by atoms with Crippen molar-refractivity contribution in [2.75, 3.05) is 16.8 Å². The predicted molar refractivity (Wildman–Crippen MR) is 106 cm³/mol. The molecular formula is C20H18ClN3O4. The molecule has 4 rings (SSSR count). The van der Waals surface area contributed by atoms with Crippen molar-refractivity contribution < 1.29 is 14.5 Å². The van der Waals surface area contributed by atoms with Crippen LogP contribution in [0.2, 0.25) is 5.02 Å². The van der Waals surface area contributed by atoms with Crippen molar-refractivity contribution in [3.05, 3.63) is 62.7 Å². The topological polar surface area (TPSA) is 92.6 Å². The largest absolute Gasteiger partial charge is 0.322 e. The van der Waals surface area contributed by atoms with Gasteiger partial charge in [-0.05, 0) is 61.6 Å². The number of nitro benzene ring substituents is 1. The molecule has 1 N–H and O–H groups in total. The summed E-state index contributed by atoms with van der Waals surface area (Å²) in [6, 6.07) is 9.41. The molecule has 0 radical (unpaired) electrons. The number of nitro groups is 1. The van der Waals surface area contributed by atoms with E-state index in [9.17, 15) is 19.7 Å². The highest BCUT2D eigenvalue weighted by Crippen LogP contribution is 2.36. The number of anilines is 2. The molecule has 0 aromatic heterocycles. The summed E-state index contributed by atoms with van der Waals surface area (Å²) in [5.74, 6) is -0.112. The molecule has 0 spiro atoms.